The van der Waals surface area contributed by atoms with Crippen molar-refractivity contribution >= 4 is 39.0 Å². The average Bonchev–Trinajstić information content (AvgIpc) is 3.07. The van der Waals surface area contributed by atoms with Crippen molar-refractivity contribution in [2.75, 3.05) is 11.9 Å². The average molecular weight is 396 g/mol. The van der Waals surface area contributed by atoms with E-state index >= 15 is 0 Å². The molecule has 1 N–H and O–H groups in total. The number of hydrogen-bond acceptors (Lipinski definition) is 6. The maximum atomic E-state index is 12.1. The maximum Gasteiger partial charge on any atom is 0.338 e. The Morgan fingerprint density at radius 1 is 1.29 bits per heavy atom. The van der Waals surface area contributed by atoms with Gasteiger partial charge in [0.05, 0.1) is 17.6 Å². The quantitative estimate of drug-likeness (QED) is 0.440. The van der Waals surface area contributed by atoms with Crippen LogP contribution >= 0.6 is 11.3 Å². The molecule has 0 fully saturated rings. The van der Waals surface area contributed by atoms with Crippen LogP contribution in [-0.4, -0.2) is 22.5 Å². The molecule has 3 aromatic rings. The van der Waals surface area contributed by atoms with E-state index in [9.17, 15) is 4.79 Å². The number of unbranched alkanes of at least 4 members (excludes halogenated alkanes) is 1. The van der Waals surface area contributed by atoms with E-state index in [2.05, 4.69) is 29.1 Å². The second-order valence-electron chi connectivity index (χ2n) is 7.45. The summed E-state index contributed by atoms with van der Waals surface area (Å²) in [5.74, 6) is 1.30. The summed E-state index contributed by atoms with van der Waals surface area (Å²) in [6.45, 7) is 4.85. The highest BCUT2D eigenvalue weighted by molar-refractivity contribution is 7.19. The monoisotopic (exact) mass is 395 g/mol. The first-order valence-electron chi connectivity index (χ1n) is 9.95. The number of fused-ring (bicyclic) bond motifs is 3. The largest absolute Gasteiger partial charge is 0.462 e. The lowest BCUT2D eigenvalue weighted by molar-refractivity contribution is 0.0500. The van der Waals surface area contributed by atoms with Crippen LogP contribution in [0.15, 0.2) is 30.6 Å². The minimum Gasteiger partial charge on any atom is -0.462 e. The molecule has 4 rings (SSSR count). The topological polar surface area (TPSA) is 64.1 Å². The van der Waals surface area contributed by atoms with Crippen LogP contribution in [0.25, 0.3) is 10.2 Å². The number of rotatable bonds is 6. The molecular weight excluding hydrogens is 370 g/mol. The van der Waals surface area contributed by atoms with Gasteiger partial charge in [0.1, 0.15) is 17.0 Å². The van der Waals surface area contributed by atoms with Crippen molar-refractivity contribution in [2.24, 2.45) is 5.92 Å². The van der Waals surface area contributed by atoms with Crippen LogP contribution in [0.1, 0.15) is 53.9 Å². The second kappa shape index (κ2) is 8.27. The van der Waals surface area contributed by atoms with Crippen LogP contribution < -0.4 is 5.32 Å². The number of esters is 1. The zero-order chi connectivity index (χ0) is 19.5. The van der Waals surface area contributed by atoms with Crippen LogP contribution in [0.3, 0.4) is 0 Å². The number of carbonyl (C=O) groups is 1. The van der Waals surface area contributed by atoms with Gasteiger partial charge in [-0.15, -0.1) is 11.3 Å². The zero-order valence-electron chi connectivity index (χ0n) is 16.3. The fraction of sp³-hybridized carbons (Fsp3) is 0.409. The van der Waals surface area contributed by atoms with Crippen LogP contribution in [0.5, 0.6) is 0 Å². The molecule has 146 valence electrons. The van der Waals surface area contributed by atoms with Crippen molar-refractivity contribution in [1.82, 2.24) is 9.97 Å². The van der Waals surface area contributed by atoms with Gasteiger partial charge < -0.3 is 10.1 Å². The van der Waals surface area contributed by atoms with Crippen LogP contribution in [0, 0.1) is 5.92 Å². The number of nitrogens with zero attached hydrogens (tertiary/aromatic N) is 2. The Balaban J connectivity index is 1.55. The number of aryl methyl sites for hydroxylation is 1. The van der Waals surface area contributed by atoms with Crippen molar-refractivity contribution in [3.63, 3.8) is 0 Å². The van der Waals surface area contributed by atoms with Gasteiger partial charge in [0.2, 0.25) is 0 Å². The number of carbonyl (C=O) groups excluding carboxylic acids is 1. The Morgan fingerprint density at radius 2 is 2.11 bits per heavy atom. The third-order valence-corrected chi connectivity index (χ3v) is 6.37. The highest BCUT2D eigenvalue weighted by Gasteiger charge is 2.23. The minimum absolute atomic E-state index is 0.273. The minimum atomic E-state index is -0.273. The summed E-state index contributed by atoms with van der Waals surface area (Å²) in [6.07, 6.45) is 6.94. The van der Waals surface area contributed by atoms with Gasteiger partial charge in [-0.25, -0.2) is 14.8 Å². The molecule has 28 heavy (non-hydrogen) atoms. The van der Waals surface area contributed by atoms with Crippen molar-refractivity contribution in [2.45, 2.75) is 46.0 Å². The molecule has 0 aliphatic heterocycles. The number of ether oxygens (including phenoxy) is 1. The summed E-state index contributed by atoms with van der Waals surface area (Å²) in [5, 5.41) is 4.57. The van der Waals surface area contributed by atoms with Crippen LogP contribution in [0.4, 0.5) is 11.5 Å². The summed E-state index contributed by atoms with van der Waals surface area (Å²) in [6, 6.07) is 7.37. The number of thiophene rings is 1. The third kappa shape index (κ3) is 3.87. The molecule has 2 heterocycles. The molecular formula is C22H25N3O2S. The molecule has 1 aliphatic rings. The summed E-state index contributed by atoms with van der Waals surface area (Å²) >= 11 is 1.79. The van der Waals surface area contributed by atoms with Crippen LogP contribution in [0.2, 0.25) is 0 Å². The molecule has 0 saturated heterocycles. The van der Waals surface area contributed by atoms with E-state index in [1.54, 1.807) is 29.8 Å². The number of hydrogen-bond donors (Lipinski definition) is 1. The summed E-state index contributed by atoms with van der Waals surface area (Å²) in [7, 11) is 0. The summed E-state index contributed by atoms with van der Waals surface area (Å²) in [5.41, 5.74) is 2.86. The molecule has 1 aliphatic carbocycles. The Bertz CT molecular complexity index is 981. The fourth-order valence-electron chi connectivity index (χ4n) is 3.59. The van der Waals surface area contributed by atoms with Gasteiger partial charge >= 0.3 is 5.97 Å². The molecule has 1 atom stereocenters. The number of aromatic nitrogens is 2. The van der Waals surface area contributed by atoms with Gasteiger partial charge in [-0.05, 0) is 61.4 Å². The smallest absolute Gasteiger partial charge is 0.338 e. The van der Waals surface area contributed by atoms with E-state index in [0.717, 1.165) is 53.3 Å². The Hall–Kier alpha value is -2.47. The fourth-order valence-corrected chi connectivity index (χ4v) is 4.94. The molecule has 2 aromatic heterocycles. The molecule has 5 nitrogen and oxygen atoms in total. The van der Waals surface area contributed by atoms with Gasteiger partial charge in [0, 0.05) is 10.6 Å². The van der Waals surface area contributed by atoms with Crippen molar-refractivity contribution in [1.29, 1.82) is 0 Å². The van der Waals surface area contributed by atoms with E-state index in [1.165, 1.54) is 16.9 Å². The number of nitrogens with one attached hydrogen (secondary N) is 1. The first kappa shape index (κ1) is 18.9. The molecule has 0 spiro atoms. The van der Waals surface area contributed by atoms with Crippen molar-refractivity contribution < 1.29 is 9.53 Å². The van der Waals surface area contributed by atoms with E-state index in [-0.39, 0.29) is 5.97 Å². The molecule has 1 unspecified atom stereocenters. The Morgan fingerprint density at radius 3 is 2.89 bits per heavy atom. The van der Waals surface area contributed by atoms with Gasteiger partial charge in [-0.3, -0.25) is 0 Å². The van der Waals surface area contributed by atoms with Gasteiger partial charge in [0.25, 0.3) is 0 Å². The number of benzene rings is 1. The molecule has 0 radical (unpaired) electrons. The van der Waals surface area contributed by atoms with Gasteiger partial charge in [-0.1, -0.05) is 20.3 Å². The van der Waals surface area contributed by atoms with Crippen molar-refractivity contribution in [3.05, 3.63) is 46.6 Å². The first-order chi connectivity index (χ1) is 13.7. The third-order valence-electron chi connectivity index (χ3n) is 5.21. The van der Waals surface area contributed by atoms with Gasteiger partial charge in [-0.2, -0.15) is 0 Å². The van der Waals surface area contributed by atoms with Crippen LogP contribution in [-0.2, 0) is 17.6 Å². The zero-order valence-corrected chi connectivity index (χ0v) is 17.1. The normalized spacial score (nSPS) is 16.0. The SMILES string of the molecule is CCCCOC(=O)c1ccc(Nc2ncnc3sc4c(c23)CCC(C)C4)cc1. The first-order valence-corrected chi connectivity index (χ1v) is 10.8. The molecule has 0 amide bonds. The van der Waals surface area contributed by atoms with E-state index < -0.39 is 0 Å². The predicted octanol–water partition coefficient (Wildman–Crippen LogP) is 5.52. The standard InChI is InChI=1S/C22H25N3O2S/c1-3-4-11-27-22(26)15-6-8-16(9-7-15)25-20-19-17-10-5-14(2)12-18(17)28-21(19)24-13-23-20/h6-9,13-14H,3-5,10-12H2,1-2H3,(H,23,24,25). The lowest BCUT2D eigenvalue weighted by Gasteiger charge is -2.18. The predicted molar refractivity (Wildman–Crippen MR) is 114 cm³/mol. The van der Waals surface area contributed by atoms with E-state index in [1.807, 2.05) is 12.1 Å². The highest BCUT2D eigenvalue weighted by atomic mass is 32.1. The van der Waals surface area contributed by atoms with E-state index in [4.69, 9.17) is 4.74 Å². The molecule has 0 saturated carbocycles. The second-order valence-corrected chi connectivity index (χ2v) is 8.53. The Kier molecular flexibility index (Phi) is 5.57. The van der Waals surface area contributed by atoms with E-state index in [0.29, 0.717) is 12.2 Å². The lowest BCUT2D eigenvalue weighted by Crippen LogP contribution is -2.09. The summed E-state index contributed by atoms with van der Waals surface area (Å²) in [4.78, 5) is 23.5. The molecule has 6 heteroatoms. The number of anilines is 2. The maximum absolute atomic E-state index is 12.1. The highest BCUT2D eigenvalue weighted by Crippen LogP contribution is 2.40. The molecule has 0 bridgehead atoms. The Labute approximate surface area is 169 Å². The summed E-state index contributed by atoms with van der Waals surface area (Å²) < 4.78 is 5.27. The van der Waals surface area contributed by atoms with Crippen molar-refractivity contribution in [3.8, 4) is 0 Å². The molecule has 1 aromatic carbocycles. The van der Waals surface area contributed by atoms with Gasteiger partial charge in [0.15, 0.2) is 0 Å². The lowest BCUT2D eigenvalue weighted by atomic mass is 9.89.